The first kappa shape index (κ1) is 17.2. The fourth-order valence-electron chi connectivity index (χ4n) is 1.84. The topological polar surface area (TPSA) is 59.8 Å². The molecule has 0 spiro atoms. The second-order valence-corrected chi connectivity index (χ2v) is 6.84. The van der Waals surface area contributed by atoms with Gasteiger partial charge in [-0.05, 0) is 41.4 Å². The number of furan rings is 1. The standard InChI is InChI=1S/C14H14BrNO4S2/c1-2-19-12(17)4-3-7-16-13(18)10(22-14(16)21)8-9-5-6-11(15)20-9/h5-6,8H,2-4,7H2,1H3/b10-8-. The molecule has 0 saturated carbocycles. The zero-order valence-corrected chi connectivity index (χ0v) is 15.1. The molecule has 0 bridgehead atoms. The van der Waals surface area contributed by atoms with E-state index in [1.54, 1.807) is 25.1 Å². The molecule has 118 valence electrons. The fraction of sp³-hybridized carbons (Fsp3) is 0.357. The van der Waals surface area contributed by atoms with Crippen LogP contribution in [-0.2, 0) is 14.3 Å². The Labute approximate surface area is 146 Å². The van der Waals surface area contributed by atoms with Gasteiger partial charge in [-0.3, -0.25) is 14.5 Å². The fourth-order valence-corrected chi connectivity index (χ4v) is 3.45. The van der Waals surface area contributed by atoms with E-state index < -0.39 is 0 Å². The molecule has 0 aromatic carbocycles. The van der Waals surface area contributed by atoms with Gasteiger partial charge in [0.25, 0.3) is 5.91 Å². The Morgan fingerprint density at radius 2 is 2.32 bits per heavy atom. The Morgan fingerprint density at radius 1 is 1.55 bits per heavy atom. The highest BCUT2D eigenvalue weighted by atomic mass is 79.9. The Kier molecular flexibility index (Phi) is 6.22. The maximum atomic E-state index is 12.3. The summed E-state index contributed by atoms with van der Waals surface area (Å²) in [6.45, 7) is 2.53. The molecule has 0 aliphatic carbocycles. The van der Waals surface area contributed by atoms with Gasteiger partial charge in [0.05, 0.1) is 11.5 Å². The van der Waals surface area contributed by atoms with Crippen LogP contribution in [0.2, 0.25) is 0 Å². The largest absolute Gasteiger partial charge is 0.466 e. The van der Waals surface area contributed by atoms with Crippen LogP contribution < -0.4 is 0 Å². The Bertz CT molecular complexity index is 626. The van der Waals surface area contributed by atoms with Crippen LogP contribution in [0, 0.1) is 0 Å². The minimum Gasteiger partial charge on any atom is -0.466 e. The van der Waals surface area contributed by atoms with Crippen molar-refractivity contribution in [2.45, 2.75) is 19.8 Å². The molecule has 1 saturated heterocycles. The summed E-state index contributed by atoms with van der Waals surface area (Å²) in [5.41, 5.74) is 0. The van der Waals surface area contributed by atoms with E-state index in [-0.39, 0.29) is 18.3 Å². The van der Waals surface area contributed by atoms with Crippen LogP contribution in [0.5, 0.6) is 0 Å². The van der Waals surface area contributed by atoms with E-state index in [2.05, 4.69) is 15.9 Å². The number of carbonyl (C=O) groups is 2. The van der Waals surface area contributed by atoms with Crippen molar-refractivity contribution in [1.29, 1.82) is 0 Å². The Balaban J connectivity index is 1.94. The summed E-state index contributed by atoms with van der Waals surface area (Å²) in [5.74, 6) is 0.161. The van der Waals surface area contributed by atoms with Gasteiger partial charge in [0, 0.05) is 19.0 Å². The zero-order chi connectivity index (χ0) is 16.1. The number of ether oxygens (including phenoxy) is 1. The van der Waals surface area contributed by atoms with Gasteiger partial charge in [0.2, 0.25) is 0 Å². The first-order valence-electron chi connectivity index (χ1n) is 6.67. The number of rotatable bonds is 6. The van der Waals surface area contributed by atoms with Crippen LogP contribution in [0.1, 0.15) is 25.5 Å². The van der Waals surface area contributed by atoms with E-state index in [1.807, 2.05) is 0 Å². The van der Waals surface area contributed by atoms with Crippen LogP contribution >= 0.6 is 39.9 Å². The molecule has 22 heavy (non-hydrogen) atoms. The number of hydrogen-bond donors (Lipinski definition) is 0. The molecule has 0 atom stereocenters. The highest BCUT2D eigenvalue weighted by Gasteiger charge is 2.31. The number of esters is 1. The van der Waals surface area contributed by atoms with E-state index in [9.17, 15) is 9.59 Å². The van der Waals surface area contributed by atoms with Crippen molar-refractivity contribution < 1.29 is 18.7 Å². The lowest BCUT2D eigenvalue weighted by Gasteiger charge is -2.13. The third-order valence-electron chi connectivity index (χ3n) is 2.81. The number of nitrogens with zero attached hydrogens (tertiary/aromatic N) is 1. The molecule has 1 aromatic heterocycles. The van der Waals surface area contributed by atoms with Gasteiger partial charge < -0.3 is 9.15 Å². The lowest BCUT2D eigenvalue weighted by Crippen LogP contribution is -2.29. The molecule has 1 amide bonds. The van der Waals surface area contributed by atoms with Crippen molar-refractivity contribution in [3.63, 3.8) is 0 Å². The average molecular weight is 404 g/mol. The van der Waals surface area contributed by atoms with Crippen molar-refractivity contribution in [3.8, 4) is 0 Å². The molecule has 2 heterocycles. The molecule has 0 radical (unpaired) electrons. The molecule has 0 unspecified atom stereocenters. The summed E-state index contributed by atoms with van der Waals surface area (Å²) in [4.78, 5) is 25.6. The monoisotopic (exact) mass is 403 g/mol. The zero-order valence-electron chi connectivity index (χ0n) is 11.8. The van der Waals surface area contributed by atoms with Crippen molar-refractivity contribution >= 4 is 62.2 Å². The highest BCUT2D eigenvalue weighted by Crippen LogP contribution is 2.33. The van der Waals surface area contributed by atoms with Crippen LogP contribution in [0.25, 0.3) is 6.08 Å². The number of carbonyl (C=O) groups excluding carboxylic acids is 2. The van der Waals surface area contributed by atoms with Gasteiger partial charge in [-0.15, -0.1) is 0 Å². The molecular weight excluding hydrogens is 390 g/mol. The SMILES string of the molecule is CCOC(=O)CCCN1C(=O)/C(=C/c2ccc(Br)o2)SC1=S. The maximum Gasteiger partial charge on any atom is 0.305 e. The molecule has 1 fully saturated rings. The highest BCUT2D eigenvalue weighted by molar-refractivity contribution is 9.10. The van der Waals surface area contributed by atoms with Gasteiger partial charge in [-0.25, -0.2) is 0 Å². The van der Waals surface area contributed by atoms with Gasteiger partial charge in [-0.1, -0.05) is 24.0 Å². The maximum absolute atomic E-state index is 12.3. The number of thiocarbonyl (C=S) groups is 1. The predicted octanol–water partition coefficient (Wildman–Crippen LogP) is 3.59. The lowest BCUT2D eigenvalue weighted by atomic mass is 10.3. The second-order valence-electron chi connectivity index (χ2n) is 4.38. The molecule has 5 nitrogen and oxygen atoms in total. The number of thioether (sulfide) groups is 1. The summed E-state index contributed by atoms with van der Waals surface area (Å²) >= 11 is 9.66. The Hall–Kier alpha value is -1.12. The lowest BCUT2D eigenvalue weighted by molar-refractivity contribution is -0.143. The molecule has 1 aliphatic rings. The van der Waals surface area contributed by atoms with Crippen molar-refractivity contribution in [1.82, 2.24) is 4.90 Å². The average Bonchev–Trinajstić information content (AvgIpc) is 2.97. The van der Waals surface area contributed by atoms with E-state index in [1.165, 1.54) is 16.7 Å². The van der Waals surface area contributed by atoms with Gasteiger partial charge in [-0.2, -0.15) is 0 Å². The molecular formula is C14H14BrNO4S2. The molecule has 8 heteroatoms. The molecule has 1 aliphatic heterocycles. The summed E-state index contributed by atoms with van der Waals surface area (Å²) in [5, 5.41) is 0. The summed E-state index contributed by atoms with van der Waals surface area (Å²) < 4.78 is 11.3. The molecule has 0 N–H and O–H groups in total. The van der Waals surface area contributed by atoms with E-state index in [4.69, 9.17) is 21.4 Å². The normalized spacial score (nSPS) is 16.6. The van der Waals surface area contributed by atoms with Gasteiger partial charge >= 0.3 is 5.97 Å². The minimum absolute atomic E-state index is 0.161. The minimum atomic E-state index is -0.260. The Morgan fingerprint density at radius 3 is 2.95 bits per heavy atom. The van der Waals surface area contributed by atoms with Crippen LogP contribution in [0.15, 0.2) is 26.1 Å². The smallest absolute Gasteiger partial charge is 0.305 e. The van der Waals surface area contributed by atoms with Crippen molar-refractivity contribution in [3.05, 3.63) is 27.5 Å². The summed E-state index contributed by atoms with van der Waals surface area (Å²) in [6.07, 6.45) is 2.45. The number of hydrogen-bond acceptors (Lipinski definition) is 6. The molecule has 2 rings (SSSR count). The number of amides is 1. The first-order valence-corrected chi connectivity index (χ1v) is 8.69. The third kappa shape index (κ3) is 4.44. The van der Waals surface area contributed by atoms with E-state index in [0.29, 0.717) is 39.2 Å². The quantitative estimate of drug-likeness (QED) is 0.410. The van der Waals surface area contributed by atoms with Gasteiger partial charge in [0.15, 0.2) is 4.67 Å². The van der Waals surface area contributed by atoms with E-state index >= 15 is 0 Å². The van der Waals surface area contributed by atoms with Crippen LogP contribution in [0.3, 0.4) is 0 Å². The van der Waals surface area contributed by atoms with Crippen molar-refractivity contribution in [2.75, 3.05) is 13.2 Å². The van der Waals surface area contributed by atoms with Gasteiger partial charge in [0.1, 0.15) is 10.1 Å². The summed E-state index contributed by atoms with van der Waals surface area (Å²) in [7, 11) is 0. The van der Waals surface area contributed by atoms with Crippen LogP contribution in [0.4, 0.5) is 0 Å². The second kappa shape index (κ2) is 7.94. The molecule has 1 aromatic rings. The summed E-state index contributed by atoms with van der Waals surface area (Å²) in [6, 6.07) is 3.52. The first-order chi connectivity index (χ1) is 10.5. The van der Waals surface area contributed by atoms with Crippen molar-refractivity contribution in [2.24, 2.45) is 0 Å². The van der Waals surface area contributed by atoms with Crippen LogP contribution in [-0.4, -0.2) is 34.2 Å². The predicted molar refractivity (Wildman–Crippen MR) is 92.2 cm³/mol. The number of halogens is 1. The van der Waals surface area contributed by atoms with E-state index in [0.717, 1.165) is 0 Å². The third-order valence-corrected chi connectivity index (χ3v) is 4.61.